The summed E-state index contributed by atoms with van der Waals surface area (Å²) in [6.07, 6.45) is 0. The third kappa shape index (κ3) is 18.6. The molecule has 1 nitrogen and oxygen atoms in total. The third-order valence-electron chi connectivity index (χ3n) is 0. The molecule has 5 heavy (non-hydrogen) atoms. The molecule has 0 saturated heterocycles. The van der Waals surface area contributed by atoms with Crippen LogP contribution in [0.5, 0.6) is 0 Å². The molecule has 0 aromatic carbocycles. The summed E-state index contributed by atoms with van der Waals surface area (Å²) in [5.41, 5.74) is 0. The van der Waals surface area contributed by atoms with Gasteiger partial charge in [-0.25, -0.2) is 0 Å². The minimum Gasteiger partial charge on any atom is 0 e. The van der Waals surface area contributed by atoms with E-state index in [4.69, 9.17) is 3.83 Å². The van der Waals surface area contributed by atoms with Crippen molar-refractivity contribution in [1.29, 1.82) is 0 Å². The molecule has 0 N–H and O–H groups in total. The Morgan fingerprint density at radius 3 is 1.20 bits per heavy atom. The molecule has 0 fully saturated rings. The first kappa shape index (κ1) is 23.7. The van der Waals surface area contributed by atoms with Crippen molar-refractivity contribution in [3.63, 3.8) is 0 Å². The zero-order valence-corrected chi connectivity index (χ0v) is 6.96. The maximum atomic E-state index is 8.00. The van der Waals surface area contributed by atoms with Crippen LogP contribution < -0.4 is 0 Å². The molecule has 0 aliphatic carbocycles. The van der Waals surface area contributed by atoms with E-state index in [1.807, 2.05) is 15.9 Å². The van der Waals surface area contributed by atoms with Crippen LogP contribution in [0.2, 0.25) is 0 Å². The van der Waals surface area contributed by atoms with Crippen LogP contribution in [0.3, 0.4) is 0 Å². The maximum Gasteiger partial charge on any atom is 0 e. The first-order valence-corrected chi connectivity index (χ1v) is 0.595. The SMILES string of the molecule is [Cr].[O]=[Fe].[SrH2].[Y]. The van der Waals surface area contributed by atoms with Gasteiger partial charge in [0.05, 0.1) is 0 Å². The van der Waals surface area contributed by atoms with Gasteiger partial charge >= 0.3 is 65.3 Å². The van der Waals surface area contributed by atoms with Crippen molar-refractivity contribution in [3.05, 3.63) is 0 Å². The van der Waals surface area contributed by atoms with Crippen molar-refractivity contribution in [2.24, 2.45) is 0 Å². The number of hydrogen-bond donors (Lipinski definition) is 0. The van der Waals surface area contributed by atoms with Gasteiger partial charge in [-0.15, -0.1) is 0 Å². The Balaban J connectivity index is -0.00000000167. The molecule has 0 heterocycles. The Kier molecular flexibility index (Phi) is 124. The standard InChI is InChI=1S/Cr.Fe.O.Sr.Y.2H. The molecule has 5 heteroatoms. The molecule has 1 radical (unpaired) electrons. The van der Waals surface area contributed by atoms with E-state index in [2.05, 4.69) is 0 Å². The van der Waals surface area contributed by atoms with Gasteiger partial charge in [-0.05, 0) is 0 Å². The van der Waals surface area contributed by atoms with Crippen molar-refractivity contribution >= 4 is 45.5 Å². The summed E-state index contributed by atoms with van der Waals surface area (Å²) in [5.74, 6) is 0. The number of hydrogen-bond acceptors (Lipinski definition) is 1. The Labute approximate surface area is 112 Å². The van der Waals surface area contributed by atoms with E-state index in [0.29, 0.717) is 0 Å². The summed E-state index contributed by atoms with van der Waals surface area (Å²) < 4.78 is 8.00. The average Bonchev–Trinajstić information content (AvgIpc) is 1.00. The van der Waals surface area contributed by atoms with Gasteiger partial charge in [0.2, 0.25) is 0 Å². The molecule has 0 aliphatic rings. The van der Waals surface area contributed by atoms with Crippen molar-refractivity contribution in [2.45, 2.75) is 0 Å². The molecular weight excluding hydrogens is 300 g/mol. The van der Waals surface area contributed by atoms with Crippen molar-refractivity contribution < 1.29 is 69.8 Å². The zero-order valence-electron chi connectivity index (χ0n) is 1.75. The van der Waals surface area contributed by atoms with Crippen LogP contribution in [0.1, 0.15) is 0 Å². The van der Waals surface area contributed by atoms with Crippen LogP contribution in [-0.2, 0) is 69.8 Å². The van der Waals surface area contributed by atoms with Gasteiger partial charge in [0, 0.05) is 50.1 Å². The summed E-state index contributed by atoms with van der Waals surface area (Å²) in [6, 6.07) is 0. The molecule has 0 bridgehead atoms. The molecular formula is H2CrFeOSrY. The maximum absolute atomic E-state index is 8.00. The first-order valence-electron chi connectivity index (χ1n) is 0.144. The molecule has 0 aliphatic heterocycles. The predicted octanol–water partition coefficient (Wildman–Crippen LogP) is -1.04. The van der Waals surface area contributed by atoms with Gasteiger partial charge in [0.1, 0.15) is 0 Å². The largest absolute Gasteiger partial charge is 0 e. The van der Waals surface area contributed by atoms with Crippen LogP contribution in [0.15, 0.2) is 0 Å². The van der Waals surface area contributed by atoms with E-state index >= 15 is 0 Å². The fourth-order valence-electron chi connectivity index (χ4n) is 0. The van der Waals surface area contributed by atoms with Crippen molar-refractivity contribution in [2.75, 3.05) is 0 Å². The fraction of sp³-hybridized carbons (Fsp3) is 0. The Morgan fingerprint density at radius 2 is 1.20 bits per heavy atom. The summed E-state index contributed by atoms with van der Waals surface area (Å²) in [7, 11) is 0. The second-order valence-corrected chi connectivity index (χ2v) is 0. The van der Waals surface area contributed by atoms with Gasteiger partial charge in [-0.2, -0.15) is 0 Å². The first-order chi connectivity index (χ1) is 1.00. The second kappa shape index (κ2) is 26.1. The third-order valence-corrected chi connectivity index (χ3v) is 0. The molecule has 0 atom stereocenters. The quantitative estimate of drug-likeness (QED) is 0.522. The van der Waals surface area contributed by atoms with Gasteiger partial charge in [-0.3, -0.25) is 0 Å². The van der Waals surface area contributed by atoms with E-state index in [1.54, 1.807) is 0 Å². The fourth-order valence-corrected chi connectivity index (χ4v) is 0. The minimum atomic E-state index is 0. The summed E-state index contributed by atoms with van der Waals surface area (Å²) in [5, 5.41) is 0. The average molecular weight is 302 g/mol. The minimum absolute atomic E-state index is 0. The molecule has 0 unspecified atom stereocenters. The predicted molar refractivity (Wildman–Crippen MR) is 9.23 cm³/mol. The van der Waals surface area contributed by atoms with E-state index < -0.39 is 0 Å². The van der Waals surface area contributed by atoms with Crippen LogP contribution in [0.25, 0.3) is 0 Å². The number of rotatable bonds is 0. The molecule has 0 amide bonds. The van der Waals surface area contributed by atoms with E-state index in [0.717, 1.165) is 0 Å². The smallest absolute Gasteiger partial charge is 0 e. The van der Waals surface area contributed by atoms with Crippen molar-refractivity contribution in [3.8, 4) is 0 Å². The molecule has 0 aromatic heterocycles. The summed E-state index contributed by atoms with van der Waals surface area (Å²) in [4.78, 5) is 0. The van der Waals surface area contributed by atoms with Gasteiger partial charge < -0.3 is 0 Å². The molecule has 0 aromatic rings. The van der Waals surface area contributed by atoms with E-state index in [-0.39, 0.29) is 95.6 Å². The molecule has 0 spiro atoms. The topological polar surface area (TPSA) is 17.1 Å². The summed E-state index contributed by atoms with van der Waals surface area (Å²) >= 11 is 2.00. The molecule has 27 valence electrons. The van der Waals surface area contributed by atoms with Crippen molar-refractivity contribution in [1.82, 2.24) is 0 Å². The molecule has 0 saturated carbocycles. The Morgan fingerprint density at radius 1 is 1.20 bits per heavy atom. The molecule has 0 rings (SSSR count). The van der Waals surface area contributed by atoms with E-state index in [9.17, 15) is 0 Å². The Hall–Kier alpha value is 3.44. The van der Waals surface area contributed by atoms with Crippen LogP contribution in [0, 0.1) is 0 Å². The monoisotopic (exact) mass is 303 g/mol. The summed E-state index contributed by atoms with van der Waals surface area (Å²) in [6.45, 7) is 0. The van der Waals surface area contributed by atoms with Crippen LogP contribution >= 0.6 is 0 Å². The normalized spacial score (nSPS) is 1.00. The van der Waals surface area contributed by atoms with Gasteiger partial charge in [0.25, 0.3) is 0 Å². The Bertz CT molecular complexity index is 11.6. The zero-order chi connectivity index (χ0) is 2.00. The van der Waals surface area contributed by atoms with Crippen LogP contribution in [-0.4, -0.2) is 45.5 Å². The second-order valence-electron chi connectivity index (χ2n) is 0. The van der Waals surface area contributed by atoms with Gasteiger partial charge in [-0.1, -0.05) is 0 Å². The van der Waals surface area contributed by atoms with Crippen LogP contribution in [0.4, 0.5) is 0 Å². The van der Waals surface area contributed by atoms with Gasteiger partial charge in [0.15, 0.2) is 0 Å². The van der Waals surface area contributed by atoms with E-state index in [1.165, 1.54) is 0 Å².